The van der Waals surface area contributed by atoms with Crippen LogP contribution < -0.4 is 20.7 Å². The van der Waals surface area contributed by atoms with Crippen LogP contribution in [0.5, 0.6) is 5.75 Å². The van der Waals surface area contributed by atoms with Gasteiger partial charge in [-0.1, -0.05) is 25.1 Å². The van der Waals surface area contributed by atoms with Gasteiger partial charge in [0.2, 0.25) is 17.8 Å². The Balaban J connectivity index is 2.11. The molecule has 0 unspecified atom stereocenters. The Morgan fingerprint density at radius 3 is 2.35 bits per heavy atom. The van der Waals surface area contributed by atoms with Crippen molar-refractivity contribution in [3.05, 3.63) is 42.5 Å². The van der Waals surface area contributed by atoms with E-state index in [4.69, 9.17) is 4.74 Å². The standard InChI is InChI=1S/C18H26N6O2/c1-4-10-19-16-22-17(24-18(23-16)21-14(5-2)12-25)20-11-13-6-8-15(26-3)9-7-13/h4,6-9,14,25H,1,5,10-12H2,2-3H3,(H3,19,20,21,22,23,24)/t14-/m1/s1. The molecule has 8 nitrogen and oxygen atoms in total. The zero-order chi connectivity index (χ0) is 18.8. The molecule has 0 fully saturated rings. The van der Waals surface area contributed by atoms with Crippen molar-refractivity contribution in [3.8, 4) is 5.75 Å². The number of nitrogens with one attached hydrogen (secondary N) is 3. The summed E-state index contributed by atoms with van der Waals surface area (Å²) in [6.07, 6.45) is 2.48. The first-order chi connectivity index (χ1) is 12.7. The number of ether oxygens (including phenoxy) is 1. The summed E-state index contributed by atoms with van der Waals surface area (Å²) in [5.74, 6) is 2.10. The monoisotopic (exact) mass is 358 g/mol. The van der Waals surface area contributed by atoms with Gasteiger partial charge in [-0.15, -0.1) is 6.58 Å². The number of benzene rings is 1. The molecule has 1 aromatic carbocycles. The first-order valence-electron chi connectivity index (χ1n) is 8.53. The maximum Gasteiger partial charge on any atom is 0.229 e. The third-order valence-electron chi connectivity index (χ3n) is 3.70. The number of aromatic nitrogens is 3. The van der Waals surface area contributed by atoms with E-state index in [1.54, 1.807) is 13.2 Å². The molecular formula is C18H26N6O2. The Kier molecular flexibility index (Phi) is 7.63. The molecule has 0 amide bonds. The summed E-state index contributed by atoms with van der Waals surface area (Å²) in [6, 6.07) is 7.64. The molecule has 0 aliphatic carbocycles. The van der Waals surface area contributed by atoms with E-state index < -0.39 is 0 Å². The molecule has 1 aromatic heterocycles. The van der Waals surface area contributed by atoms with Crippen molar-refractivity contribution in [3.63, 3.8) is 0 Å². The Morgan fingerprint density at radius 2 is 1.77 bits per heavy atom. The van der Waals surface area contributed by atoms with Crippen LogP contribution in [0.25, 0.3) is 0 Å². The van der Waals surface area contributed by atoms with Gasteiger partial charge in [-0.2, -0.15) is 15.0 Å². The van der Waals surface area contributed by atoms with Crippen molar-refractivity contribution in [2.24, 2.45) is 0 Å². The lowest BCUT2D eigenvalue weighted by atomic mass is 10.2. The average Bonchev–Trinajstić information content (AvgIpc) is 2.69. The van der Waals surface area contributed by atoms with Crippen LogP contribution in [0, 0.1) is 0 Å². The zero-order valence-electron chi connectivity index (χ0n) is 15.2. The van der Waals surface area contributed by atoms with Crippen LogP contribution in [0.1, 0.15) is 18.9 Å². The minimum Gasteiger partial charge on any atom is -0.497 e. The number of nitrogens with zero attached hydrogens (tertiary/aromatic N) is 3. The number of hydrogen-bond acceptors (Lipinski definition) is 8. The van der Waals surface area contributed by atoms with Crippen molar-refractivity contribution >= 4 is 17.8 Å². The fourth-order valence-electron chi connectivity index (χ4n) is 2.15. The number of aliphatic hydroxyl groups is 1. The smallest absolute Gasteiger partial charge is 0.229 e. The summed E-state index contributed by atoms with van der Waals surface area (Å²) in [4.78, 5) is 13.1. The predicted octanol–water partition coefficient (Wildman–Crippen LogP) is 2.27. The summed E-state index contributed by atoms with van der Waals surface area (Å²) in [6.45, 7) is 6.77. The van der Waals surface area contributed by atoms with Gasteiger partial charge in [0, 0.05) is 13.1 Å². The zero-order valence-corrected chi connectivity index (χ0v) is 15.2. The van der Waals surface area contributed by atoms with Crippen LogP contribution in [-0.4, -0.2) is 46.4 Å². The molecule has 140 valence electrons. The molecule has 4 N–H and O–H groups in total. The highest BCUT2D eigenvalue weighted by Crippen LogP contribution is 2.14. The second kappa shape index (κ2) is 10.2. The van der Waals surface area contributed by atoms with Crippen molar-refractivity contribution in [2.45, 2.75) is 25.9 Å². The maximum absolute atomic E-state index is 9.37. The molecule has 0 saturated carbocycles. The van der Waals surface area contributed by atoms with Gasteiger partial charge in [-0.25, -0.2) is 0 Å². The van der Waals surface area contributed by atoms with Crippen LogP contribution in [0.15, 0.2) is 36.9 Å². The second-order valence-electron chi connectivity index (χ2n) is 5.61. The van der Waals surface area contributed by atoms with Crippen LogP contribution >= 0.6 is 0 Å². The summed E-state index contributed by atoms with van der Waals surface area (Å²) < 4.78 is 5.16. The topological polar surface area (TPSA) is 104 Å². The van der Waals surface area contributed by atoms with Gasteiger partial charge >= 0.3 is 0 Å². The van der Waals surface area contributed by atoms with E-state index in [0.29, 0.717) is 30.9 Å². The normalized spacial score (nSPS) is 11.5. The fraction of sp³-hybridized carbons (Fsp3) is 0.389. The molecule has 0 aliphatic heterocycles. The Morgan fingerprint density at radius 1 is 1.12 bits per heavy atom. The van der Waals surface area contributed by atoms with Gasteiger partial charge in [-0.3, -0.25) is 0 Å². The van der Waals surface area contributed by atoms with E-state index in [9.17, 15) is 5.11 Å². The van der Waals surface area contributed by atoms with Crippen molar-refractivity contribution in [1.29, 1.82) is 0 Å². The van der Waals surface area contributed by atoms with E-state index in [0.717, 1.165) is 17.7 Å². The van der Waals surface area contributed by atoms with Gasteiger partial charge in [0.25, 0.3) is 0 Å². The molecule has 0 spiro atoms. The fourth-order valence-corrected chi connectivity index (χ4v) is 2.15. The first-order valence-corrected chi connectivity index (χ1v) is 8.53. The van der Waals surface area contributed by atoms with Crippen LogP contribution in [0.4, 0.5) is 17.8 Å². The van der Waals surface area contributed by atoms with Crippen molar-refractivity contribution < 1.29 is 9.84 Å². The van der Waals surface area contributed by atoms with Crippen molar-refractivity contribution in [1.82, 2.24) is 15.0 Å². The number of hydrogen-bond donors (Lipinski definition) is 4. The molecule has 26 heavy (non-hydrogen) atoms. The summed E-state index contributed by atoms with van der Waals surface area (Å²) in [7, 11) is 1.64. The molecular weight excluding hydrogens is 332 g/mol. The van der Waals surface area contributed by atoms with E-state index in [2.05, 4.69) is 37.5 Å². The van der Waals surface area contributed by atoms with Gasteiger partial charge in [0.05, 0.1) is 19.8 Å². The lowest BCUT2D eigenvalue weighted by molar-refractivity contribution is 0.271. The first kappa shape index (κ1) is 19.5. The second-order valence-corrected chi connectivity index (χ2v) is 5.61. The number of rotatable bonds is 11. The van der Waals surface area contributed by atoms with Gasteiger partial charge in [0.1, 0.15) is 5.75 Å². The van der Waals surface area contributed by atoms with Gasteiger partial charge < -0.3 is 25.8 Å². The predicted molar refractivity (Wildman–Crippen MR) is 104 cm³/mol. The number of methoxy groups -OCH3 is 1. The molecule has 0 aliphatic rings. The average molecular weight is 358 g/mol. The molecule has 0 radical (unpaired) electrons. The molecule has 1 atom stereocenters. The Bertz CT molecular complexity index is 689. The Labute approximate surface area is 153 Å². The largest absolute Gasteiger partial charge is 0.497 e. The molecule has 2 aromatic rings. The highest BCUT2D eigenvalue weighted by atomic mass is 16.5. The highest BCUT2D eigenvalue weighted by Gasteiger charge is 2.10. The molecule has 2 rings (SSSR count). The van der Waals surface area contributed by atoms with Crippen LogP contribution in [-0.2, 0) is 6.54 Å². The SMILES string of the molecule is C=CCNc1nc(NCc2ccc(OC)cc2)nc(N[C@H](CC)CO)n1. The Hall–Kier alpha value is -2.87. The number of anilines is 3. The quantitative estimate of drug-likeness (QED) is 0.454. The third-order valence-corrected chi connectivity index (χ3v) is 3.70. The molecule has 0 bridgehead atoms. The van der Waals surface area contributed by atoms with E-state index in [1.807, 2.05) is 31.2 Å². The van der Waals surface area contributed by atoms with Crippen LogP contribution in [0.3, 0.4) is 0 Å². The van der Waals surface area contributed by atoms with Crippen LogP contribution in [0.2, 0.25) is 0 Å². The van der Waals surface area contributed by atoms with E-state index in [1.165, 1.54) is 0 Å². The minimum absolute atomic E-state index is 0.00616. The number of aliphatic hydroxyl groups excluding tert-OH is 1. The molecule has 1 heterocycles. The lowest BCUT2D eigenvalue weighted by Gasteiger charge is -2.15. The van der Waals surface area contributed by atoms with E-state index >= 15 is 0 Å². The highest BCUT2D eigenvalue weighted by molar-refractivity contribution is 5.43. The van der Waals surface area contributed by atoms with Crippen molar-refractivity contribution in [2.75, 3.05) is 36.2 Å². The third kappa shape index (κ3) is 5.89. The summed E-state index contributed by atoms with van der Waals surface area (Å²) in [5.41, 5.74) is 1.07. The molecule has 8 heteroatoms. The lowest BCUT2D eigenvalue weighted by Crippen LogP contribution is -2.24. The van der Waals surface area contributed by atoms with Gasteiger partial charge in [-0.05, 0) is 24.1 Å². The van der Waals surface area contributed by atoms with Gasteiger partial charge in [0.15, 0.2) is 0 Å². The summed E-state index contributed by atoms with van der Waals surface area (Å²) in [5, 5.41) is 18.7. The minimum atomic E-state index is -0.112. The maximum atomic E-state index is 9.37. The summed E-state index contributed by atoms with van der Waals surface area (Å²) >= 11 is 0. The molecule has 0 saturated heterocycles. The van der Waals surface area contributed by atoms with E-state index in [-0.39, 0.29) is 12.6 Å².